The summed E-state index contributed by atoms with van der Waals surface area (Å²) >= 11 is 1.36. The normalized spacial score (nSPS) is 16.5. The quantitative estimate of drug-likeness (QED) is 0.700. The van der Waals surface area contributed by atoms with Crippen LogP contribution < -0.4 is 16.0 Å². The van der Waals surface area contributed by atoms with Crippen LogP contribution in [0.25, 0.3) is 0 Å². The Balaban J connectivity index is 0.00000261. The Bertz CT molecular complexity index is 768. The van der Waals surface area contributed by atoms with Crippen molar-refractivity contribution in [1.29, 1.82) is 0 Å². The summed E-state index contributed by atoms with van der Waals surface area (Å²) in [7, 11) is 0. The van der Waals surface area contributed by atoms with Crippen molar-refractivity contribution >= 4 is 40.6 Å². The van der Waals surface area contributed by atoms with Gasteiger partial charge in [0.2, 0.25) is 0 Å². The lowest BCUT2D eigenvalue weighted by molar-refractivity contribution is 0.0932. The van der Waals surface area contributed by atoms with E-state index in [0.717, 1.165) is 25.9 Å². The molecule has 3 N–H and O–H groups in total. The van der Waals surface area contributed by atoms with Crippen LogP contribution in [0.15, 0.2) is 35.7 Å². The summed E-state index contributed by atoms with van der Waals surface area (Å²) in [5.74, 6) is 0.0931. The minimum atomic E-state index is -0.198. The van der Waals surface area contributed by atoms with Crippen LogP contribution in [0, 0.1) is 0 Å². The minimum Gasteiger partial charge on any atom is -0.348 e. The average Bonchev–Trinajstić information content (AvgIpc) is 3.11. The second-order valence-corrected chi connectivity index (χ2v) is 7.83. The van der Waals surface area contributed by atoms with E-state index < -0.39 is 0 Å². The summed E-state index contributed by atoms with van der Waals surface area (Å²) < 4.78 is 0. The van der Waals surface area contributed by atoms with Gasteiger partial charge in [0.15, 0.2) is 0 Å². The van der Waals surface area contributed by atoms with Gasteiger partial charge in [0, 0.05) is 18.2 Å². The molecule has 5 nitrogen and oxygen atoms in total. The molecule has 3 rings (SSSR count). The lowest BCUT2D eigenvalue weighted by Crippen LogP contribution is -2.45. The number of thiophene rings is 1. The lowest BCUT2D eigenvalue weighted by atomic mass is 10.0. The van der Waals surface area contributed by atoms with Crippen LogP contribution >= 0.6 is 23.7 Å². The largest absolute Gasteiger partial charge is 0.348 e. The first-order chi connectivity index (χ1) is 12.5. The number of rotatable bonds is 5. The van der Waals surface area contributed by atoms with E-state index in [-0.39, 0.29) is 30.3 Å². The Morgan fingerprint density at radius 1 is 1.15 bits per heavy atom. The van der Waals surface area contributed by atoms with Crippen molar-refractivity contribution in [2.24, 2.45) is 0 Å². The maximum atomic E-state index is 12.5. The zero-order valence-electron chi connectivity index (χ0n) is 15.6. The molecule has 7 heteroatoms. The third-order valence-electron chi connectivity index (χ3n) is 4.61. The molecule has 0 saturated carbocycles. The molecule has 2 aromatic rings. The number of piperidine rings is 1. The van der Waals surface area contributed by atoms with Gasteiger partial charge in [-0.15, -0.1) is 23.7 Å². The van der Waals surface area contributed by atoms with Crippen LogP contribution in [0.4, 0.5) is 5.00 Å². The molecule has 27 heavy (non-hydrogen) atoms. The molecule has 1 aliphatic heterocycles. The van der Waals surface area contributed by atoms with E-state index in [0.29, 0.717) is 22.0 Å². The molecule has 2 amide bonds. The van der Waals surface area contributed by atoms with Gasteiger partial charge in [0.25, 0.3) is 11.8 Å². The fraction of sp³-hybridized carbons (Fsp3) is 0.400. The molecule has 1 aliphatic rings. The summed E-state index contributed by atoms with van der Waals surface area (Å²) in [4.78, 5) is 25.1. The van der Waals surface area contributed by atoms with Gasteiger partial charge in [-0.3, -0.25) is 9.59 Å². The highest BCUT2D eigenvalue weighted by molar-refractivity contribution is 7.14. The van der Waals surface area contributed by atoms with Crippen LogP contribution in [0.3, 0.4) is 0 Å². The third-order valence-corrected chi connectivity index (χ3v) is 5.44. The molecule has 1 saturated heterocycles. The van der Waals surface area contributed by atoms with E-state index >= 15 is 0 Å². The Morgan fingerprint density at radius 3 is 2.52 bits per heavy atom. The van der Waals surface area contributed by atoms with Gasteiger partial charge in [0.05, 0.1) is 5.56 Å². The van der Waals surface area contributed by atoms with E-state index in [9.17, 15) is 9.59 Å². The van der Waals surface area contributed by atoms with E-state index in [1.54, 1.807) is 6.07 Å². The molecule has 0 radical (unpaired) electrons. The molecule has 0 bridgehead atoms. The predicted octanol–water partition coefficient (Wildman–Crippen LogP) is 4.03. The number of anilines is 1. The number of benzene rings is 1. The maximum absolute atomic E-state index is 12.5. The third kappa shape index (κ3) is 5.54. The van der Waals surface area contributed by atoms with Gasteiger partial charge in [-0.05, 0) is 54.4 Å². The summed E-state index contributed by atoms with van der Waals surface area (Å²) in [6.07, 6.45) is 2.04. The summed E-state index contributed by atoms with van der Waals surface area (Å²) in [6, 6.07) is 9.49. The van der Waals surface area contributed by atoms with Gasteiger partial charge < -0.3 is 16.0 Å². The molecule has 0 aliphatic carbocycles. The molecule has 1 aromatic heterocycles. The first-order valence-corrected chi connectivity index (χ1v) is 9.93. The van der Waals surface area contributed by atoms with Crippen molar-refractivity contribution in [1.82, 2.24) is 10.6 Å². The van der Waals surface area contributed by atoms with Gasteiger partial charge in [-0.2, -0.15) is 0 Å². The van der Waals surface area contributed by atoms with Crippen molar-refractivity contribution < 1.29 is 9.59 Å². The van der Waals surface area contributed by atoms with Crippen molar-refractivity contribution in [2.45, 2.75) is 38.6 Å². The van der Waals surface area contributed by atoms with Crippen LogP contribution in [0.2, 0.25) is 0 Å². The molecular weight excluding hydrogens is 382 g/mol. The highest BCUT2D eigenvalue weighted by Crippen LogP contribution is 2.24. The number of hydrogen-bond acceptors (Lipinski definition) is 4. The molecule has 1 unspecified atom stereocenters. The number of carbonyl (C=O) groups is 2. The maximum Gasteiger partial charge on any atom is 0.256 e. The van der Waals surface area contributed by atoms with Crippen LogP contribution in [0.5, 0.6) is 0 Å². The van der Waals surface area contributed by atoms with E-state index in [2.05, 4.69) is 29.8 Å². The fourth-order valence-corrected chi connectivity index (χ4v) is 3.80. The SMILES string of the molecule is CC(C)c1ccc(C(=O)Nc2sccc2C(=O)NC2CCCNC2)cc1.Cl. The first kappa shape index (κ1) is 21.4. The highest BCUT2D eigenvalue weighted by Gasteiger charge is 2.20. The molecule has 2 heterocycles. The number of carbonyl (C=O) groups excluding carboxylic acids is 2. The minimum absolute atomic E-state index is 0. The summed E-state index contributed by atoms with van der Waals surface area (Å²) in [5, 5.41) is 11.6. The Labute approximate surface area is 170 Å². The van der Waals surface area contributed by atoms with Crippen molar-refractivity contribution in [2.75, 3.05) is 18.4 Å². The smallest absolute Gasteiger partial charge is 0.256 e. The zero-order chi connectivity index (χ0) is 18.5. The highest BCUT2D eigenvalue weighted by atomic mass is 35.5. The van der Waals surface area contributed by atoms with Gasteiger partial charge in [0.1, 0.15) is 5.00 Å². The Morgan fingerprint density at radius 2 is 1.89 bits per heavy atom. The van der Waals surface area contributed by atoms with E-state index in [4.69, 9.17) is 0 Å². The van der Waals surface area contributed by atoms with Gasteiger partial charge in [-0.25, -0.2) is 0 Å². The number of halogens is 1. The average molecular weight is 408 g/mol. The van der Waals surface area contributed by atoms with Crippen molar-refractivity contribution in [3.8, 4) is 0 Å². The zero-order valence-corrected chi connectivity index (χ0v) is 17.2. The van der Waals surface area contributed by atoms with Crippen LogP contribution in [-0.2, 0) is 0 Å². The van der Waals surface area contributed by atoms with Gasteiger partial charge >= 0.3 is 0 Å². The second-order valence-electron chi connectivity index (χ2n) is 6.91. The summed E-state index contributed by atoms with van der Waals surface area (Å²) in [6.45, 7) is 6.03. The van der Waals surface area contributed by atoms with Gasteiger partial charge in [-0.1, -0.05) is 26.0 Å². The molecule has 146 valence electrons. The number of amides is 2. The van der Waals surface area contributed by atoms with Crippen molar-refractivity contribution in [3.05, 3.63) is 52.4 Å². The first-order valence-electron chi connectivity index (χ1n) is 9.05. The topological polar surface area (TPSA) is 70.2 Å². The predicted molar refractivity (Wildman–Crippen MR) is 113 cm³/mol. The molecule has 1 fully saturated rings. The monoisotopic (exact) mass is 407 g/mol. The van der Waals surface area contributed by atoms with Crippen LogP contribution in [0.1, 0.15) is 58.9 Å². The summed E-state index contributed by atoms with van der Waals surface area (Å²) in [5.41, 5.74) is 2.30. The molecular formula is C20H26ClN3O2S. The second kappa shape index (κ2) is 9.88. The molecule has 1 atom stereocenters. The Hall–Kier alpha value is -1.89. The van der Waals surface area contributed by atoms with Crippen molar-refractivity contribution in [3.63, 3.8) is 0 Å². The fourth-order valence-electron chi connectivity index (χ4n) is 3.02. The Kier molecular flexibility index (Phi) is 7.83. The van der Waals surface area contributed by atoms with E-state index in [1.807, 2.05) is 29.6 Å². The van der Waals surface area contributed by atoms with Crippen LogP contribution in [-0.4, -0.2) is 30.9 Å². The number of hydrogen-bond donors (Lipinski definition) is 3. The molecule has 1 aromatic carbocycles. The standard InChI is InChI=1S/C20H25N3O2S.ClH/c1-13(2)14-5-7-15(8-6-14)18(24)23-20-17(9-11-26-20)19(25)22-16-4-3-10-21-12-16;/h5-9,11,13,16,21H,3-4,10,12H2,1-2H3,(H,22,25)(H,23,24);1H. The molecule has 0 spiro atoms. The lowest BCUT2D eigenvalue weighted by Gasteiger charge is -2.23. The van der Waals surface area contributed by atoms with E-state index in [1.165, 1.54) is 16.9 Å². The number of nitrogens with one attached hydrogen (secondary N) is 3.